The minimum atomic E-state index is -4.04. The summed E-state index contributed by atoms with van der Waals surface area (Å²) in [6.07, 6.45) is 0.0447. The molecule has 1 amide bonds. The molecule has 1 atom stereocenters. The van der Waals surface area contributed by atoms with Crippen LogP contribution in [0, 0.1) is 0 Å². The molecule has 2 aromatic carbocycles. The molecule has 7 heteroatoms. The summed E-state index contributed by atoms with van der Waals surface area (Å²) in [7, 11) is -4.04. The van der Waals surface area contributed by atoms with Gasteiger partial charge in [0.05, 0.1) is 4.90 Å². The van der Waals surface area contributed by atoms with Gasteiger partial charge in [-0.05, 0) is 35.7 Å². The van der Waals surface area contributed by atoms with Gasteiger partial charge >= 0.3 is 0 Å². The number of rotatable bonds is 7. The Labute approximate surface area is 169 Å². The molecule has 0 aliphatic heterocycles. The molecule has 0 saturated heterocycles. The molecular weight excluding hydrogens is 390 g/mol. The number of Topliss-reactive ketones (excluding diaryl/α,β-unsaturated/α-hetero) is 1. The molecule has 0 saturated carbocycles. The monoisotopic (exact) mass is 411 g/mol. The molecule has 0 bridgehead atoms. The predicted octanol–water partition coefficient (Wildman–Crippen LogP) is 4.15. The highest BCUT2D eigenvalue weighted by Crippen LogP contribution is 2.25. The predicted molar refractivity (Wildman–Crippen MR) is 109 cm³/mol. The standard InChI is InChI=1S/C22H21NO5S/c1-15(17-7-4-3-5-8-17)13-22(25)23-29(26,27)19-10-6-9-18(14-19)21-12-11-20(28-21)16(2)24/h3-12,14-15H,13H2,1-2H3,(H,23,25). The zero-order valence-corrected chi connectivity index (χ0v) is 16.9. The van der Waals surface area contributed by atoms with Gasteiger partial charge in [-0.2, -0.15) is 0 Å². The van der Waals surface area contributed by atoms with Crippen molar-refractivity contribution in [3.05, 3.63) is 78.1 Å². The summed E-state index contributed by atoms with van der Waals surface area (Å²) in [5.41, 5.74) is 1.45. The molecule has 0 aliphatic carbocycles. The molecule has 29 heavy (non-hydrogen) atoms. The average Bonchev–Trinajstić information content (AvgIpc) is 3.19. The van der Waals surface area contributed by atoms with Crippen molar-refractivity contribution in [3.8, 4) is 11.3 Å². The normalized spacial score (nSPS) is 12.3. The maximum Gasteiger partial charge on any atom is 0.264 e. The zero-order valence-electron chi connectivity index (χ0n) is 16.1. The molecule has 0 aliphatic rings. The number of amides is 1. The Morgan fingerprint density at radius 3 is 2.38 bits per heavy atom. The van der Waals surface area contributed by atoms with Crippen molar-refractivity contribution >= 4 is 21.7 Å². The summed E-state index contributed by atoms with van der Waals surface area (Å²) >= 11 is 0. The molecular formula is C22H21NO5S. The van der Waals surface area contributed by atoms with Crippen LogP contribution < -0.4 is 4.72 Å². The third-order valence-electron chi connectivity index (χ3n) is 4.49. The van der Waals surface area contributed by atoms with Crippen LogP contribution in [0.25, 0.3) is 11.3 Å². The van der Waals surface area contributed by atoms with Gasteiger partial charge < -0.3 is 4.42 Å². The van der Waals surface area contributed by atoms with Gasteiger partial charge in [0.1, 0.15) is 5.76 Å². The Bertz CT molecular complexity index is 1130. The summed E-state index contributed by atoms with van der Waals surface area (Å²) in [6, 6.07) is 18.6. The Morgan fingerprint density at radius 1 is 1.00 bits per heavy atom. The molecule has 1 heterocycles. The Balaban J connectivity index is 1.75. The fraction of sp³-hybridized carbons (Fsp3) is 0.182. The van der Waals surface area contributed by atoms with Gasteiger partial charge in [-0.1, -0.05) is 49.4 Å². The summed E-state index contributed by atoms with van der Waals surface area (Å²) < 4.78 is 32.9. The molecule has 0 spiro atoms. The molecule has 1 aromatic heterocycles. The Kier molecular flexibility index (Phi) is 5.98. The highest BCUT2D eigenvalue weighted by atomic mass is 32.2. The lowest BCUT2D eigenvalue weighted by Gasteiger charge is -2.12. The lowest BCUT2D eigenvalue weighted by atomic mass is 9.98. The molecule has 3 rings (SSSR count). The molecule has 0 radical (unpaired) electrons. The summed E-state index contributed by atoms with van der Waals surface area (Å²) in [5, 5.41) is 0. The number of sulfonamides is 1. The Morgan fingerprint density at radius 2 is 1.72 bits per heavy atom. The van der Waals surface area contributed by atoms with Gasteiger partial charge in [-0.25, -0.2) is 13.1 Å². The second kappa shape index (κ2) is 8.45. The van der Waals surface area contributed by atoms with Crippen molar-refractivity contribution in [2.24, 2.45) is 0 Å². The van der Waals surface area contributed by atoms with Gasteiger partial charge in [-0.3, -0.25) is 9.59 Å². The fourth-order valence-corrected chi connectivity index (χ4v) is 3.97. The first-order valence-electron chi connectivity index (χ1n) is 9.08. The van der Waals surface area contributed by atoms with Crippen molar-refractivity contribution in [1.29, 1.82) is 0 Å². The van der Waals surface area contributed by atoms with Gasteiger partial charge in [-0.15, -0.1) is 0 Å². The van der Waals surface area contributed by atoms with Crippen LogP contribution >= 0.6 is 0 Å². The molecule has 1 unspecified atom stereocenters. The topological polar surface area (TPSA) is 93.5 Å². The lowest BCUT2D eigenvalue weighted by Crippen LogP contribution is -2.31. The van der Waals surface area contributed by atoms with Gasteiger partial charge in [0.25, 0.3) is 10.0 Å². The van der Waals surface area contributed by atoms with Crippen LogP contribution in [-0.4, -0.2) is 20.1 Å². The van der Waals surface area contributed by atoms with E-state index in [9.17, 15) is 18.0 Å². The van der Waals surface area contributed by atoms with Crippen LogP contribution in [0.1, 0.15) is 42.3 Å². The summed E-state index contributed by atoms with van der Waals surface area (Å²) in [4.78, 5) is 23.6. The van der Waals surface area contributed by atoms with Crippen LogP contribution in [0.3, 0.4) is 0 Å². The van der Waals surface area contributed by atoms with Crippen molar-refractivity contribution in [2.45, 2.75) is 31.1 Å². The van der Waals surface area contributed by atoms with Crippen LogP contribution in [0.15, 0.2) is 76.0 Å². The van der Waals surface area contributed by atoms with E-state index in [4.69, 9.17) is 4.42 Å². The average molecular weight is 411 g/mol. The highest BCUT2D eigenvalue weighted by molar-refractivity contribution is 7.90. The number of carbonyl (C=O) groups is 2. The molecule has 0 fully saturated rings. The third-order valence-corrected chi connectivity index (χ3v) is 5.86. The SMILES string of the molecule is CC(=O)c1ccc(-c2cccc(S(=O)(=O)NC(=O)CC(C)c3ccccc3)c2)o1. The van der Waals surface area contributed by atoms with E-state index in [1.807, 2.05) is 37.3 Å². The smallest absolute Gasteiger partial charge is 0.264 e. The number of ketones is 1. The maximum atomic E-state index is 12.6. The van der Waals surface area contributed by atoms with E-state index in [2.05, 4.69) is 4.72 Å². The van der Waals surface area contributed by atoms with Crippen LogP contribution in [0.4, 0.5) is 0 Å². The van der Waals surface area contributed by atoms with Gasteiger partial charge in [0.15, 0.2) is 11.5 Å². The lowest BCUT2D eigenvalue weighted by molar-refractivity contribution is -0.119. The maximum absolute atomic E-state index is 12.6. The van der Waals surface area contributed by atoms with Crippen molar-refractivity contribution in [3.63, 3.8) is 0 Å². The van der Waals surface area contributed by atoms with E-state index in [1.54, 1.807) is 18.2 Å². The minimum Gasteiger partial charge on any atom is -0.453 e. The summed E-state index contributed by atoms with van der Waals surface area (Å²) in [5.74, 6) is -0.359. The van der Waals surface area contributed by atoms with E-state index < -0.39 is 15.9 Å². The number of hydrogen-bond donors (Lipinski definition) is 1. The zero-order chi connectivity index (χ0) is 21.0. The van der Waals surface area contributed by atoms with Crippen LogP contribution in [-0.2, 0) is 14.8 Å². The highest BCUT2D eigenvalue weighted by Gasteiger charge is 2.21. The number of furan rings is 1. The summed E-state index contributed by atoms with van der Waals surface area (Å²) in [6.45, 7) is 3.25. The Hall–Kier alpha value is -3.19. The van der Waals surface area contributed by atoms with Gasteiger partial charge in [0, 0.05) is 18.9 Å². The fourth-order valence-electron chi connectivity index (χ4n) is 2.93. The third kappa shape index (κ3) is 5.00. The quantitative estimate of drug-likeness (QED) is 0.590. The molecule has 150 valence electrons. The first-order valence-corrected chi connectivity index (χ1v) is 10.6. The van der Waals surface area contributed by atoms with E-state index in [1.165, 1.54) is 25.1 Å². The van der Waals surface area contributed by atoms with E-state index in [-0.39, 0.29) is 28.8 Å². The van der Waals surface area contributed by atoms with Crippen molar-refractivity contribution < 1.29 is 22.4 Å². The van der Waals surface area contributed by atoms with Crippen molar-refractivity contribution in [2.75, 3.05) is 0 Å². The van der Waals surface area contributed by atoms with Crippen LogP contribution in [0.2, 0.25) is 0 Å². The molecule has 6 nitrogen and oxygen atoms in total. The van der Waals surface area contributed by atoms with Gasteiger partial charge in [0.2, 0.25) is 5.91 Å². The number of benzene rings is 2. The van der Waals surface area contributed by atoms with E-state index >= 15 is 0 Å². The van der Waals surface area contributed by atoms with E-state index in [0.717, 1.165) is 5.56 Å². The molecule has 3 aromatic rings. The largest absolute Gasteiger partial charge is 0.453 e. The second-order valence-corrected chi connectivity index (χ2v) is 8.47. The number of carbonyl (C=O) groups excluding carboxylic acids is 2. The van der Waals surface area contributed by atoms with E-state index in [0.29, 0.717) is 11.3 Å². The molecule has 1 N–H and O–H groups in total. The second-order valence-electron chi connectivity index (χ2n) is 6.79. The van der Waals surface area contributed by atoms with Crippen molar-refractivity contribution in [1.82, 2.24) is 4.72 Å². The van der Waals surface area contributed by atoms with Crippen LogP contribution in [0.5, 0.6) is 0 Å². The number of hydrogen-bond acceptors (Lipinski definition) is 5. The minimum absolute atomic E-state index is 0.0447. The number of nitrogens with one attached hydrogen (secondary N) is 1. The first-order chi connectivity index (χ1) is 13.8. The first kappa shape index (κ1) is 20.5.